The molecular weight excluding hydrogens is 256 g/mol. The van der Waals surface area contributed by atoms with Crippen LogP contribution in [-0.4, -0.2) is 28.3 Å². The maximum absolute atomic E-state index is 11.8. The van der Waals surface area contributed by atoms with Gasteiger partial charge in [-0.3, -0.25) is 4.79 Å². The van der Waals surface area contributed by atoms with Gasteiger partial charge < -0.3 is 10.1 Å². The summed E-state index contributed by atoms with van der Waals surface area (Å²) in [4.78, 5) is 11.8. The summed E-state index contributed by atoms with van der Waals surface area (Å²) in [5.41, 5.74) is 0.855. The number of carbonyl (C=O) groups excluding carboxylic acids is 1. The summed E-state index contributed by atoms with van der Waals surface area (Å²) in [5.74, 6) is -0.0629. The van der Waals surface area contributed by atoms with E-state index in [4.69, 9.17) is 10.00 Å². The minimum Gasteiger partial charge on any atom is -0.466 e. The largest absolute Gasteiger partial charge is 0.466 e. The number of rotatable bonds is 5. The molecule has 1 atom stereocenters. The molecule has 0 aliphatic rings. The lowest BCUT2D eigenvalue weighted by Crippen LogP contribution is -2.50. The summed E-state index contributed by atoms with van der Waals surface area (Å²) >= 11 is 0. The van der Waals surface area contributed by atoms with Gasteiger partial charge in [0.15, 0.2) is 6.61 Å². The average Bonchev–Trinajstić information content (AvgIpc) is 2.39. The van der Waals surface area contributed by atoms with Gasteiger partial charge in [0, 0.05) is 6.07 Å². The molecule has 108 valence electrons. The summed E-state index contributed by atoms with van der Waals surface area (Å²) in [6.07, 6.45) is 0. The second-order valence-corrected chi connectivity index (χ2v) is 5.26. The first kappa shape index (κ1) is 15.9. The van der Waals surface area contributed by atoms with Crippen molar-refractivity contribution in [3.63, 3.8) is 0 Å². The number of nitrogens with one attached hydrogen (secondary N) is 1. The lowest BCUT2D eigenvalue weighted by Gasteiger charge is -2.27. The van der Waals surface area contributed by atoms with E-state index < -0.39 is 5.54 Å². The normalized spacial score (nSPS) is 13.4. The highest BCUT2D eigenvalue weighted by Crippen LogP contribution is 2.15. The maximum Gasteiger partial charge on any atom is 0.259 e. The molecular formula is C14H20N4O2. The molecule has 0 saturated carbocycles. The molecule has 1 rings (SSSR count). The fourth-order valence-electron chi connectivity index (χ4n) is 1.36. The van der Waals surface area contributed by atoms with Crippen LogP contribution in [0.2, 0.25) is 0 Å². The summed E-state index contributed by atoms with van der Waals surface area (Å²) in [6.45, 7) is 8.98. The van der Waals surface area contributed by atoms with Crippen molar-refractivity contribution in [2.45, 2.75) is 40.2 Å². The van der Waals surface area contributed by atoms with Crippen molar-refractivity contribution in [2.75, 3.05) is 6.61 Å². The van der Waals surface area contributed by atoms with Gasteiger partial charge in [0.2, 0.25) is 5.88 Å². The van der Waals surface area contributed by atoms with Crippen molar-refractivity contribution in [1.82, 2.24) is 15.5 Å². The van der Waals surface area contributed by atoms with E-state index in [0.29, 0.717) is 5.88 Å². The number of aryl methyl sites for hydroxylation is 2. The molecule has 0 aliphatic heterocycles. The molecule has 0 aliphatic carbocycles. The van der Waals surface area contributed by atoms with E-state index >= 15 is 0 Å². The van der Waals surface area contributed by atoms with Crippen molar-refractivity contribution in [2.24, 2.45) is 5.92 Å². The van der Waals surface area contributed by atoms with E-state index in [-0.39, 0.29) is 18.4 Å². The van der Waals surface area contributed by atoms with Gasteiger partial charge >= 0.3 is 0 Å². The molecule has 20 heavy (non-hydrogen) atoms. The average molecular weight is 276 g/mol. The lowest BCUT2D eigenvalue weighted by molar-refractivity contribution is -0.124. The Hall–Kier alpha value is -2.16. The first-order valence-corrected chi connectivity index (χ1v) is 6.44. The molecule has 1 amide bonds. The van der Waals surface area contributed by atoms with Crippen molar-refractivity contribution < 1.29 is 9.53 Å². The highest BCUT2D eigenvalue weighted by atomic mass is 16.5. The van der Waals surface area contributed by atoms with Crippen LogP contribution < -0.4 is 10.1 Å². The number of nitriles is 1. The monoisotopic (exact) mass is 276 g/mol. The van der Waals surface area contributed by atoms with E-state index in [1.807, 2.05) is 27.7 Å². The number of nitrogens with zero attached hydrogens (tertiary/aromatic N) is 3. The van der Waals surface area contributed by atoms with Crippen LogP contribution in [0.5, 0.6) is 5.88 Å². The summed E-state index contributed by atoms with van der Waals surface area (Å²) in [5, 5.41) is 19.6. The van der Waals surface area contributed by atoms with Crippen LogP contribution in [-0.2, 0) is 4.79 Å². The van der Waals surface area contributed by atoms with Gasteiger partial charge in [-0.15, -0.1) is 5.10 Å². The molecule has 0 spiro atoms. The highest BCUT2D eigenvalue weighted by Gasteiger charge is 2.30. The van der Waals surface area contributed by atoms with Gasteiger partial charge in [0.05, 0.1) is 11.8 Å². The van der Waals surface area contributed by atoms with Gasteiger partial charge in [-0.05, 0) is 32.3 Å². The first-order valence-electron chi connectivity index (χ1n) is 6.44. The van der Waals surface area contributed by atoms with Gasteiger partial charge in [-0.2, -0.15) is 10.4 Å². The Morgan fingerprint density at radius 2 is 2.15 bits per heavy atom. The fourth-order valence-corrected chi connectivity index (χ4v) is 1.36. The standard InChI is InChI=1S/C14H20N4O2/c1-9(2)14(5,8-15)16-12(19)7-20-13-6-10(3)11(4)17-18-13/h6,9H,7H2,1-5H3,(H,16,19). The van der Waals surface area contributed by atoms with Crippen LogP contribution in [0.15, 0.2) is 6.07 Å². The number of ether oxygens (including phenoxy) is 1. The second-order valence-electron chi connectivity index (χ2n) is 5.26. The zero-order valence-electron chi connectivity index (χ0n) is 12.5. The molecule has 1 N–H and O–H groups in total. The number of hydrogen-bond acceptors (Lipinski definition) is 5. The minimum absolute atomic E-state index is 0.00198. The van der Waals surface area contributed by atoms with E-state index in [1.165, 1.54) is 0 Å². The Balaban J connectivity index is 2.60. The van der Waals surface area contributed by atoms with Crippen LogP contribution in [0.4, 0.5) is 0 Å². The molecule has 1 unspecified atom stereocenters. The molecule has 1 heterocycles. The van der Waals surface area contributed by atoms with E-state index in [1.54, 1.807) is 13.0 Å². The zero-order chi connectivity index (χ0) is 15.3. The molecule has 1 aromatic rings. The number of hydrogen-bond donors (Lipinski definition) is 1. The number of aromatic nitrogens is 2. The van der Waals surface area contributed by atoms with Crippen molar-refractivity contribution in [3.05, 3.63) is 17.3 Å². The fraction of sp³-hybridized carbons (Fsp3) is 0.571. The van der Waals surface area contributed by atoms with Crippen molar-refractivity contribution in [1.29, 1.82) is 5.26 Å². The van der Waals surface area contributed by atoms with Gasteiger partial charge in [0.1, 0.15) is 5.54 Å². The molecule has 0 bridgehead atoms. The summed E-state index contributed by atoms with van der Waals surface area (Å²) in [6, 6.07) is 3.83. The topological polar surface area (TPSA) is 87.9 Å². The van der Waals surface area contributed by atoms with Crippen LogP contribution in [0.1, 0.15) is 32.0 Å². The summed E-state index contributed by atoms with van der Waals surface area (Å²) in [7, 11) is 0. The molecule has 0 aromatic carbocycles. The maximum atomic E-state index is 11.8. The van der Waals surface area contributed by atoms with Crippen molar-refractivity contribution >= 4 is 5.91 Å². The first-order chi connectivity index (χ1) is 9.28. The lowest BCUT2D eigenvalue weighted by atomic mass is 9.90. The molecule has 0 fully saturated rings. The molecule has 6 nitrogen and oxygen atoms in total. The quantitative estimate of drug-likeness (QED) is 0.881. The molecule has 1 aromatic heterocycles. The Labute approximate surface area is 119 Å². The predicted molar refractivity (Wildman–Crippen MR) is 74.0 cm³/mol. The van der Waals surface area contributed by atoms with E-state index in [0.717, 1.165) is 11.3 Å². The summed E-state index contributed by atoms with van der Waals surface area (Å²) < 4.78 is 5.28. The van der Waals surface area contributed by atoms with Gasteiger partial charge in [-0.25, -0.2) is 0 Å². The third kappa shape index (κ3) is 3.92. The highest BCUT2D eigenvalue weighted by molar-refractivity contribution is 5.78. The Bertz CT molecular complexity index is 536. The third-order valence-corrected chi connectivity index (χ3v) is 3.35. The van der Waals surface area contributed by atoms with Gasteiger partial charge in [-0.1, -0.05) is 13.8 Å². The Morgan fingerprint density at radius 1 is 1.50 bits per heavy atom. The number of carbonyl (C=O) groups is 1. The predicted octanol–water partition coefficient (Wildman–Crippen LogP) is 1.53. The number of amides is 1. The van der Waals surface area contributed by atoms with E-state index in [2.05, 4.69) is 21.6 Å². The zero-order valence-corrected chi connectivity index (χ0v) is 12.5. The van der Waals surface area contributed by atoms with Crippen molar-refractivity contribution in [3.8, 4) is 11.9 Å². The molecule has 0 saturated heterocycles. The molecule has 6 heteroatoms. The molecule has 0 radical (unpaired) electrons. The Kier molecular flexibility index (Phi) is 5.03. The van der Waals surface area contributed by atoms with E-state index in [9.17, 15) is 4.79 Å². The van der Waals surface area contributed by atoms with Gasteiger partial charge in [0.25, 0.3) is 5.91 Å². The van der Waals surface area contributed by atoms with Crippen LogP contribution in [0.3, 0.4) is 0 Å². The van der Waals surface area contributed by atoms with Crippen LogP contribution in [0.25, 0.3) is 0 Å². The smallest absolute Gasteiger partial charge is 0.259 e. The van der Waals surface area contributed by atoms with Crippen LogP contribution >= 0.6 is 0 Å². The Morgan fingerprint density at radius 3 is 2.65 bits per heavy atom. The van der Waals surface area contributed by atoms with Crippen LogP contribution in [0, 0.1) is 31.1 Å². The minimum atomic E-state index is -0.907. The SMILES string of the molecule is Cc1cc(OCC(=O)NC(C)(C#N)C(C)C)nnc1C. The third-order valence-electron chi connectivity index (χ3n) is 3.35. The second kappa shape index (κ2) is 6.33.